The van der Waals surface area contributed by atoms with Gasteiger partial charge < -0.3 is 5.32 Å². The number of nitrogens with one attached hydrogen (secondary N) is 1. The smallest absolute Gasteiger partial charge is 0.325 e. The van der Waals surface area contributed by atoms with Gasteiger partial charge in [-0.2, -0.15) is 0 Å². The number of imide groups is 1. The van der Waals surface area contributed by atoms with E-state index >= 15 is 0 Å². The van der Waals surface area contributed by atoms with Crippen molar-refractivity contribution in [2.75, 3.05) is 4.90 Å². The maximum atomic E-state index is 13.0. The van der Waals surface area contributed by atoms with Gasteiger partial charge in [-0.25, -0.2) is 24.1 Å². The van der Waals surface area contributed by atoms with Gasteiger partial charge in [0.1, 0.15) is 17.7 Å². The minimum Gasteiger partial charge on any atom is -0.325 e. The summed E-state index contributed by atoms with van der Waals surface area (Å²) in [7, 11) is 0. The third-order valence-electron chi connectivity index (χ3n) is 3.94. The lowest BCUT2D eigenvalue weighted by atomic mass is 9.96. The molecule has 6 nitrogen and oxygen atoms in total. The normalized spacial score (nSPS) is 17.8. The highest BCUT2D eigenvalue weighted by atomic mass is 19.1. The molecule has 3 amide bonds. The maximum Gasteiger partial charge on any atom is 0.329 e. The number of halogens is 1. The van der Waals surface area contributed by atoms with Gasteiger partial charge >= 0.3 is 6.03 Å². The Morgan fingerprint density at radius 2 is 1.72 bits per heavy atom. The van der Waals surface area contributed by atoms with Crippen LogP contribution in [0.4, 0.5) is 14.9 Å². The first kappa shape index (κ1) is 17.0. The summed E-state index contributed by atoms with van der Waals surface area (Å²) in [6, 6.07) is 4.64. The lowest BCUT2D eigenvalue weighted by Gasteiger charge is -2.18. The monoisotopic (exact) mass is 342 g/mol. The van der Waals surface area contributed by atoms with Crippen molar-refractivity contribution in [2.45, 2.75) is 38.6 Å². The van der Waals surface area contributed by atoms with Crippen LogP contribution >= 0.6 is 0 Å². The highest BCUT2D eigenvalue weighted by Gasteiger charge is 2.39. The topological polar surface area (TPSA) is 75.2 Å². The second kappa shape index (κ2) is 6.23. The maximum absolute atomic E-state index is 13.0. The van der Waals surface area contributed by atoms with E-state index in [1.807, 2.05) is 20.8 Å². The third kappa shape index (κ3) is 3.50. The van der Waals surface area contributed by atoms with Crippen molar-refractivity contribution in [1.29, 1.82) is 0 Å². The lowest BCUT2D eigenvalue weighted by Crippen LogP contribution is -2.32. The molecule has 1 fully saturated rings. The zero-order valence-electron chi connectivity index (χ0n) is 14.3. The van der Waals surface area contributed by atoms with E-state index in [0.29, 0.717) is 17.9 Å². The van der Waals surface area contributed by atoms with Crippen LogP contribution in [0.15, 0.2) is 36.7 Å². The second-order valence-corrected chi connectivity index (χ2v) is 7.02. The van der Waals surface area contributed by atoms with Crippen molar-refractivity contribution < 1.29 is 14.0 Å². The molecule has 1 saturated heterocycles. The number of rotatable bonds is 3. The van der Waals surface area contributed by atoms with E-state index in [2.05, 4.69) is 15.3 Å². The summed E-state index contributed by atoms with van der Waals surface area (Å²) >= 11 is 0. The first-order chi connectivity index (χ1) is 11.8. The molecular formula is C18H19FN4O2. The van der Waals surface area contributed by atoms with Crippen LogP contribution in [0.2, 0.25) is 0 Å². The molecule has 1 aliphatic heterocycles. The molecule has 130 valence electrons. The number of amides is 3. The van der Waals surface area contributed by atoms with E-state index in [-0.39, 0.29) is 17.1 Å². The molecule has 1 atom stereocenters. The van der Waals surface area contributed by atoms with Gasteiger partial charge in [-0.15, -0.1) is 0 Å². The summed E-state index contributed by atoms with van der Waals surface area (Å²) in [5.41, 5.74) is 0.874. The molecular weight excluding hydrogens is 323 g/mol. The van der Waals surface area contributed by atoms with Crippen molar-refractivity contribution in [2.24, 2.45) is 0 Å². The van der Waals surface area contributed by atoms with Gasteiger partial charge in [-0.1, -0.05) is 32.9 Å². The van der Waals surface area contributed by atoms with Crippen LogP contribution in [0.25, 0.3) is 0 Å². The highest BCUT2D eigenvalue weighted by Crippen LogP contribution is 2.23. The largest absolute Gasteiger partial charge is 0.329 e. The molecule has 0 bridgehead atoms. The fourth-order valence-corrected chi connectivity index (χ4v) is 2.59. The van der Waals surface area contributed by atoms with E-state index in [1.165, 1.54) is 24.5 Å². The van der Waals surface area contributed by atoms with E-state index in [1.54, 1.807) is 12.1 Å². The predicted octanol–water partition coefficient (Wildman–Crippen LogP) is 2.58. The number of aromatic nitrogens is 2. The Morgan fingerprint density at radius 1 is 1.12 bits per heavy atom. The van der Waals surface area contributed by atoms with Crippen LogP contribution in [0.1, 0.15) is 32.2 Å². The van der Waals surface area contributed by atoms with E-state index in [9.17, 15) is 14.0 Å². The van der Waals surface area contributed by atoms with Crippen molar-refractivity contribution in [3.8, 4) is 0 Å². The van der Waals surface area contributed by atoms with Gasteiger partial charge in [-0.05, 0) is 17.7 Å². The van der Waals surface area contributed by atoms with Gasteiger partial charge in [0.05, 0.1) is 18.1 Å². The van der Waals surface area contributed by atoms with Crippen LogP contribution in [-0.2, 0) is 16.6 Å². The summed E-state index contributed by atoms with van der Waals surface area (Å²) in [5, 5.41) is 2.65. The fraction of sp³-hybridized carbons (Fsp3) is 0.333. The van der Waals surface area contributed by atoms with Gasteiger partial charge in [0.2, 0.25) is 0 Å². The van der Waals surface area contributed by atoms with E-state index < -0.39 is 12.1 Å². The Hall–Kier alpha value is -2.83. The molecule has 1 aromatic carbocycles. The molecule has 1 N–H and O–H groups in total. The number of urea groups is 1. The molecule has 1 aliphatic rings. The van der Waals surface area contributed by atoms with Gasteiger partial charge in [0, 0.05) is 11.8 Å². The summed E-state index contributed by atoms with van der Waals surface area (Å²) < 4.78 is 13.0. The number of anilines is 1. The van der Waals surface area contributed by atoms with Crippen molar-refractivity contribution in [3.05, 3.63) is 53.9 Å². The van der Waals surface area contributed by atoms with Crippen LogP contribution in [0.5, 0.6) is 0 Å². The molecule has 25 heavy (non-hydrogen) atoms. The predicted molar refractivity (Wildman–Crippen MR) is 90.6 cm³/mol. The Balaban J connectivity index is 1.78. The van der Waals surface area contributed by atoms with Crippen LogP contribution in [-0.4, -0.2) is 27.9 Å². The third-order valence-corrected chi connectivity index (χ3v) is 3.94. The zero-order chi connectivity index (χ0) is 18.2. The average molecular weight is 342 g/mol. The summed E-state index contributed by atoms with van der Waals surface area (Å²) in [5.74, 6) is -0.0872. The molecule has 0 aliphatic carbocycles. The standard InChI is InChI=1S/C18H19FN4O2/c1-18(2,3)16-20-9-13(10-21-16)23-15(24)14(22-17(23)25)8-11-4-6-12(19)7-5-11/h4-7,9-10,14H,8H2,1-3H3,(H,22,25)/t14-/m1/s1. The molecule has 0 saturated carbocycles. The van der Waals surface area contributed by atoms with Crippen LogP contribution in [0, 0.1) is 5.82 Å². The molecule has 3 rings (SSSR count). The minimum atomic E-state index is -0.694. The Morgan fingerprint density at radius 3 is 2.28 bits per heavy atom. The summed E-state index contributed by atoms with van der Waals surface area (Å²) in [6.07, 6.45) is 3.25. The van der Waals surface area contributed by atoms with Gasteiger partial charge in [0.15, 0.2) is 0 Å². The lowest BCUT2D eigenvalue weighted by molar-refractivity contribution is -0.118. The number of carbonyl (C=O) groups is 2. The Bertz CT molecular complexity index is 797. The zero-order valence-corrected chi connectivity index (χ0v) is 14.3. The van der Waals surface area contributed by atoms with E-state index in [4.69, 9.17) is 0 Å². The minimum absolute atomic E-state index is 0.221. The van der Waals surface area contributed by atoms with Crippen LogP contribution < -0.4 is 10.2 Å². The first-order valence-electron chi connectivity index (χ1n) is 7.97. The molecule has 0 unspecified atom stereocenters. The number of hydrogen-bond acceptors (Lipinski definition) is 4. The summed E-state index contributed by atoms with van der Waals surface area (Å²) in [6.45, 7) is 5.94. The second-order valence-electron chi connectivity index (χ2n) is 7.02. The van der Waals surface area contributed by atoms with Gasteiger partial charge in [0.25, 0.3) is 5.91 Å². The first-order valence-corrected chi connectivity index (χ1v) is 7.97. The molecule has 2 heterocycles. The highest BCUT2D eigenvalue weighted by molar-refractivity contribution is 6.21. The molecule has 7 heteroatoms. The number of hydrogen-bond donors (Lipinski definition) is 1. The van der Waals surface area contributed by atoms with E-state index in [0.717, 1.165) is 10.5 Å². The van der Waals surface area contributed by atoms with Crippen LogP contribution in [0.3, 0.4) is 0 Å². The quantitative estimate of drug-likeness (QED) is 0.870. The number of nitrogens with zero attached hydrogens (tertiary/aromatic N) is 3. The molecule has 0 radical (unpaired) electrons. The molecule has 0 spiro atoms. The SMILES string of the molecule is CC(C)(C)c1ncc(N2C(=O)N[C@H](Cc3ccc(F)cc3)C2=O)cn1. The van der Waals surface area contributed by atoms with Crippen molar-refractivity contribution in [1.82, 2.24) is 15.3 Å². The number of carbonyl (C=O) groups excluding carboxylic acids is 2. The van der Waals surface area contributed by atoms with Crippen molar-refractivity contribution in [3.63, 3.8) is 0 Å². The van der Waals surface area contributed by atoms with Gasteiger partial charge in [-0.3, -0.25) is 4.79 Å². The Kier molecular flexibility index (Phi) is 4.24. The molecule has 1 aromatic heterocycles. The molecule has 2 aromatic rings. The average Bonchev–Trinajstić information content (AvgIpc) is 2.83. The Labute approximate surface area is 145 Å². The van der Waals surface area contributed by atoms with Crippen molar-refractivity contribution >= 4 is 17.6 Å². The summed E-state index contributed by atoms with van der Waals surface area (Å²) in [4.78, 5) is 34.3. The number of benzene rings is 1. The fourth-order valence-electron chi connectivity index (χ4n) is 2.59.